The largest absolute Gasteiger partial charge is 0.353 e. The number of amides is 2. The highest BCUT2D eigenvalue weighted by Crippen LogP contribution is 2.33. The maximum absolute atomic E-state index is 14.3. The highest BCUT2D eigenvalue weighted by atomic mass is 19.1. The number of rotatable bonds is 8. The van der Waals surface area contributed by atoms with E-state index in [1.807, 2.05) is 0 Å². The molecule has 1 heterocycles. The molecule has 1 aromatic heterocycles. The standard InChI is InChI=1S/C21H21F3N4O2/c22-13-3-1-12(2-4-13)20-15(16-9-14(23)10-17(24)21(16)28-20)5-6-18(29)27-11-19(30)26-8-7-25/h1-4,9-10,28H,5-8,11,25H2,(H,26,30)(H,27,29). The quantitative estimate of drug-likeness (QED) is 0.452. The van der Waals surface area contributed by atoms with Gasteiger partial charge in [-0.15, -0.1) is 0 Å². The summed E-state index contributed by atoms with van der Waals surface area (Å²) >= 11 is 0. The zero-order valence-corrected chi connectivity index (χ0v) is 16.0. The van der Waals surface area contributed by atoms with Crippen LogP contribution in [0.15, 0.2) is 36.4 Å². The van der Waals surface area contributed by atoms with Gasteiger partial charge in [-0.25, -0.2) is 13.2 Å². The molecule has 158 valence electrons. The Morgan fingerprint density at radius 2 is 1.70 bits per heavy atom. The van der Waals surface area contributed by atoms with Gasteiger partial charge < -0.3 is 21.4 Å². The summed E-state index contributed by atoms with van der Waals surface area (Å²) in [5.74, 6) is -2.69. The molecule has 0 aliphatic heterocycles. The summed E-state index contributed by atoms with van der Waals surface area (Å²) in [5.41, 5.74) is 6.97. The van der Waals surface area contributed by atoms with Gasteiger partial charge in [0.25, 0.3) is 0 Å². The number of carbonyl (C=O) groups is 2. The first kappa shape index (κ1) is 21.4. The van der Waals surface area contributed by atoms with Crippen LogP contribution in [0.4, 0.5) is 13.2 Å². The molecule has 0 aliphatic rings. The summed E-state index contributed by atoms with van der Waals surface area (Å²) in [6.45, 7) is 0.405. The molecule has 0 radical (unpaired) electrons. The number of benzene rings is 2. The van der Waals surface area contributed by atoms with Crippen molar-refractivity contribution in [2.45, 2.75) is 12.8 Å². The van der Waals surface area contributed by atoms with E-state index in [2.05, 4.69) is 15.6 Å². The van der Waals surface area contributed by atoms with E-state index < -0.39 is 23.4 Å². The second-order valence-corrected chi connectivity index (χ2v) is 6.71. The number of nitrogens with two attached hydrogens (primary N) is 1. The molecular formula is C21H21F3N4O2. The van der Waals surface area contributed by atoms with Crippen LogP contribution in [0.1, 0.15) is 12.0 Å². The lowest BCUT2D eigenvalue weighted by molar-refractivity contribution is -0.126. The van der Waals surface area contributed by atoms with E-state index in [0.717, 1.165) is 6.07 Å². The molecule has 0 saturated carbocycles. The van der Waals surface area contributed by atoms with E-state index in [0.29, 0.717) is 35.3 Å². The number of nitrogens with one attached hydrogen (secondary N) is 3. The number of hydrogen-bond donors (Lipinski definition) is 4. The molecule has 0 fully saturated rings. The Hall–Kier alpha value is -3.33. The molecule has 3 rings (SSSR count). The molecular weight excluding hydrogens is 397 g/mol. The maximum Gasteiger partial charge on any atom is 0.239 e. The molecule has 2 amide bonds. The van der Waals surface area contributed by atoms with Crippen LogP contribution in [0.5, 0.6) is 0 Å². The lowest BCUT2D eigenvalue weighted by Gasteiger charge is -2.08. The van der Waals surface area contributed by atoms with Gasteiger partial charge in [0.15, 0.2) is 0 Å². The Bertz CT molecular complexity index is 1060. The average molecular weight is 418 g/mol. The topological polar surface area (TPSA) is 100 Å². The third-order valence-electron chi connectivity index (χ3n) is 4.58. The van der Waals surface area contributed by atoms with Gasteiger partial charge in [0, 0.05) is 36.7 Å². The van der Waals surface area contributed by atoms with Crippen LogP contribution < -0.4 is 16.4 Å². The second-order valence-electron chi connectivity index (χ2n) is 6.71. The van der Waals surface area contributed by atoms with Gasteiger partial charge in [-0.05, 0) is 47.9 Å². The van der Waals surface area contributed by atoms with E-state index in [-0.39, 0.29) is 30.8 Å². The number of carbonyl (C=O) groups excluding carboxylic acids is 2. The van der Waals surface area contributed by atoms with E-state index in [4.69, 9.17) is 5.73 Å². The minimum absolute atomic E-state index is 0.0105. The molecule has 0 unspecified atom stereocenters. The Morgan fingerprint density at radius 3 is 2.40 bits per heavy atom. The van der Waals surface area contributed by atoms with E-state index >= 15 is 0 Å². The van der Waals surface area contributed by atoms with Crippen molar-refractivity contribution in [2.75, 3.05) is 19.6 Å². The Morgan fingerprint density at radius 1 is 0.967 bits per heavy atom. The van der Waals surface area contributed by atoms with Crippen LogP contribution in [0.2, 0.25) is 0 Å². The number of aryl methyl sites for hydroxylation is 1. The van der Waals surface area contributed by atoms with Crippen molar-refractivity contribution in [1.82, 2.24) is 15.6 Å². The molecule has 0 aliphatic carbocycles. The van der Waals surface area contributed by atoms with Gasteiger partial charge in [-0.2, -0.15) is 0 Å². The summed E-state index contributed by atoms with van der Waals surface area (Å²) in [4.78, 5) is 26.6. The van der Waals surface area contributed by atoms with Crippen molar-refractivity contribution in [1.29, 1.82) is 0 Å². The molecule has 0 spiro atoms. The fraction of sp³-hybridized carbons (Fsp3) is 0.238. The predicted octanol–water partition coefficient (Wildman–Crippen LogP) is 2.38. The maximum atomic E-state index is 14.3. The molecule has 30 heavy (non-hydrogen) atoms. The van der Waals surface area contributed by atoms with Crippen LogP contribution in [-0.2, 0) is 16.0 Å². The zero-order chi connectivity index (χ0) is 21.7. The van der Waals surface area contributed by atoms with Gasteiger partial charge in [0.2, 0.25) is 11.8 Å². The number of H-pyrrole nitrogens is 1. The lowest BCUT2D eigenvalue weighted by Crippen LogP contribution is -2.38. The van der Waals surface area contributed by atoms with E-state index in [1.165, 1.54) is 30.3 Å². The van der Waals surface area contributed by atoms with Crippen molar-refractivity contribution in [2.24, 2.45) is 5.73 Å². The van der Waals surface area contributed by atoms with Crippen molar-refractivity contribution in [3.8, 4) is 11.3 Å². The molecule has 6 nitrogen and oxygen atoms in total. The first-order valence-corrected chi connectivity index (χ1v) is 9.38. The summed E-state index contributed by atoms with van der Waals surface area (Å²) < 4.78 is 41.4. The third kappa shape index (κ3) is 4.98. The van der Waals surface area contributed by atoms with Gasteiger partial charge in [0.1, 0.15) is 17.5 Å². The SMILES string of the molecule is NCCNC(=O)CNC(=O)CCc1c(-c2ccc(F)cc2)[nH]c2c(F)cc(F)cc12. The average Bonchev–Trinajstić information content (AvgIpc) is 3.08. The van der Waals surface area contributed by atoms with E-state index in [9.17, 15) is 22.8 Å². The third-order valence-corrected chi connectivity index (χ3v) is 4.58. The molecule has 0 bridgehead atoms. The summed E-state index contributed by atoms with van der Waals surface area (Å²) in [6.07, 6.45) is 0.148. The highest BCUT2D eigenvalue weighted by molar-refractivity contribution is 5.92. The minimum atomic E-state index is -0.763. The Kier molecular flexibility index (Phi) is 6.73. The fourth-order valence-corrected chi connectivity index (χ4v) is 3.18. The van der Waals surface area contributed by atoms with E-state index in [1.54, 1.807) is 0 Å². The van der Waals surface area contributed by atoms with Crippen LogP contribution >= 0.6 is 0 Å². The summed E-state index contributed by atoms with van der Waals surface area (Å²) in [7, 11) is 0. The number of aromatic amines is 1. The van der Waals surface area contributed by atoms with Crippen LogP contribution in [-0.4, -0.2) is 36.4 Å². The van der Waals surface area contributed by atoms with Gasteiger partial charge in [-0.1, -0.05) is 0 Å². The monoisotopic (exact) mass is 418 g/mol. The fourth-order valence-electron chi connectivity index (χ4n) is 3.18. The Labute approximate surface area is 170 Å². The van der Waals surface area contributed by atoms with Crippen molar-refractivity contribution >= 4 is 22.7 Å². The lowest BCUT2D eigenvalue weighted by atomic mass is 10.0. The first-order chi connectivity index (χ1) is 14.4. The van der Waals surface area contributed by atoms with Crippen LogP contribution in [0, 0.1) is 17.5 Å². The molecule has 0 saturated heterocycles. The molecule has 9 heteroatoms. The molecule has 3 aromatic rings. The van der Waals surface area contributed by atoms with Crippen LogP contribution in [0.25, 0.3) is 22.2 Å². The zero-order valence-electron chi connectivity index (χ0n) is 16.0. The number of aromatic nitrogens is 1. The minimum Gasteiger partial charge on any atom is -0.353 e. The molecule has 5 N–H and O–H groups in total. The smallest absolute Gasteiger partial charge is 0.239 e. The number of halogens is 3. The predicted molar refractivity (Wildman–Crippen MR) is 107 cm³/mol. The molecule has 2 aromatic carbocycles. The second kappa shape index (κ2) is 9.45. The van der Waals surface area contributed by atoms with Gasteiger partial charge >= 0.3 is 0 Å². The van der Waals surface area contributed by atoms with Crippen LogP contribution in [0.3, 0.4) is 0 Å². The van der Waals surface area contributed by atoms with Gasteiger partial charge in [-0.3, -0.25) is 9.59 Å². The van der Waals surface area contributed by atoms with Crippen molar-refractivity contribution < 1.29 is 22.8 Å². The number of fused-ring (bicyclic) bond motifs is 1. The van der Waals surface area contributed by atoms with Gasteiger partial charge in [0.05, 0.1) is 12.1 Å². The number of hydrogen-bond acceptors (Lipinski definition) is 3. The normalized spacial score (nSPS) is 10.9. The summed E-state index contributed by atoms with van der Waals surface area (Å²) in [5, 5.41) is 5.33. The highest BCUT2D eigenvalue weighted by Gasteiger charge is 2.18. The van der Waals surface area contributed by atoms with Crippen molar-refractivity contribution in [3.05, 3.63) is 59.4 Å². The first-order valence-electron chi connectivity index (χ1n) is 9.38. The molecule has 0 atom stereocenters. The Balaban J connectivity index is 1.83. The van der Waals surface area contributed by atoms with Crippen molar-refractivity contribution in [3.63, 3.8) is 0 Å². The summed E-state index contributed by atoms with van der Waals surface area (Å²) in [6, 6.07) is 7.50.